The molecule has 3 aromatic rings. The van der Waals surface area contributed by atoms with Crippen LogP contribution in [-0.4, -0.2) is 32.2 Å². The summed E-state index contributed by atoms with van der Waals surface area (Å²) in [4.78, 5) is 25.1. The SMILES string of the molecule is CCn1c(SCC(=O)c2ccc(Br)cc2)nnc1C(C)NC(=O)c1ccccc1C. The number of thioether (sulfide) groups is 1. The molecule has 1 atom stereocenters. The molecule has 8 heteroatoms. The van der Waals surface area contributed by atoms with E-state index in [9.17, 15) is 9.59 Å². The Hall–Kier alpha value is -2.45. The molecule has 0 fully saturated rings. The quantitative estimate of drug-likeness (QED) is 0.364. The first-order valence-corrected chi connectivity index (χ1v) is 11.4. The number of rotatable bonds is 8. The second-order valence-corrected chi connectivity index (χ2v) is 8.67. The van der Waals surface area contributed by atoms with Gasteiger partial charge in [-0.15, -0.1) is 10.2 Å². The lowest BCUT2D eigenvalue weighted by molar-refractivity contribution is 0.0936. The lowest BCUT2D eigenvalue weighted by Crippen LogP contribution is -2.29. The van der Waals surface area contributed by atoms with Gasteiger partial charge in [0.2, 0.25) is 0 Å². The fraction of sp³-hybridized carbons (Fsp3) is 0.273. The monoisotopic (exact) mass is 486 g/mol. The van der Waals surface area contributed by atoms with Crippen LogP contribution < -0.4 is 5.32 Å². The predicted molar refractivity (Wildman–Crippen MR) is 122 cm³/mol. The molecule has 0 radical (unpaired) electrons. The average Bonchev–Trinajstić information content (AvgIpc) is 3.15. The number of Topliss-reactive ketones (excluding diaryl/α,β-unsaturated/α-hetero) is 1. The van der Waals surface area contributed by atoms with Gasteiger partial charge >= 0.3 is 0 Å². The topological polar surface area (TPSA) is 76.9 Å². The first-order valence-electron chi connectivity index (χ1n) is 9.61. The maximum absolute atomic E-state index is 12.6. The van der Waals surface area contributed by atoms with E-state index in [1.54, 1.807) is 18.2 Å². The number of amides is 1. The van der Waals surface area contributed by atoms with Crippen molar-refractivity contribution in [3.8, 4) is 0 Å². The van der Waals surface area contributed by atoms with Gasteiger partial charge in [-0.2, -0.15) is 0 Å². The maximum atomic E-state index is 12.6. The molecule has 6 nitrogen and oxygen atoms in total. The van der Waals surface area contributed by atoms with Gasteiger partial charge in [0.15, 0.2) is 16.8 Å². The molecule has 1 aromatic heterocycles. The fourth-order valence-corrected chi connectivity index (χ4v) is 4.21. The highest BCUT2D eigenvalue weighted by Gasteiger charge is 2.21. The highest BCUT2D eigenvalue weighted by molar-refractivity contribution is 9.10. The Morgan fingerprint density at radius 2 is 1.83 bits per heavy atom. The number of ketones is 1. The number of aromatic nitrogens is 3. The van der Waals surface area contributed by atoms with Crippen LogP contribution >= 0.6 is 27.7 Å². The van der Waals surface area contributed by atoms with Gasteiger partial charge < -0.3 is 9.88 Å². The van der Waals surface area contributed by atoms with Crippen molar-refractivity contribution in [3.05, 3.63) is 75.5 Å². The zero-order chi connectivity index (χ0) is 21.7. The molecule has 0 saturated carbocycles. The third kappa shape index (κ3) is 5.17. The normalized spacial score (nSPS) is 11.9. The van der Waals surface area contributed by atoms with E-state index >= 15 is 0 Å². The van der Waals surface area contributed by atoms with E-state index in [2.05, 4.69) is 31.4 Å². The van der Waals surface area contributed by atoms with Crippen molar-refractivity contribution in [1.29, 1.82) is 0 Å². The lowest BCUT2D eigenvalue weighted by Gasteiger charge is -2.16. The summed E-state index contributed by atoms with van der Waals surface area (Å²) in [6.45, 7) is 6.42. The minimum absolute atomic E-state index is 0.0283. The van der Waals surface area contributed by atoms with Crippen LogP contribution in [-0.2, 0) is 6.54 Å². The molecule has 1 heterocycles. The number of hydrogen-bond donors (Lipinski definition) is 1. The summed E-state index contributed by atoms with van der Waals surface area (Å²) in [5.41, 5.74) is 2.22. The molecule has 0 aliphatic carbocycles. The highest BCUT2D eigenvalue weighted by atomic mass is 79.9. The first-order chi connectivity index (χ1) is 14.4. The van der Waals surface area contributed by atoms with Crippen molar-refractivity contribution in [3.63, 3.8) is 0 Å². The number of halogens is 1. The van der Waals surface area contributed by atoms with Crippen molar-refractivity contribution in [1.82, 2.24) is 20.1 Å². The fourth-order valence-electron chi connectivity index (χ4n) is 3.04. The van der Waals surface area contributed by atoms with E-state index < -0.39 is 0 Å². The van der Waals surface area contributed by atoms with E-state index in [0.29, 0.717) is 28.7 Å². The van der Waals surface area contributed by atoms with Crippen LogP contribution in [0.1, 0.15) is 52.0 Å². The van der Waals surface area contributed by atoms with Crippen LogP contribution in [0.5, 0.6) is 0 Å². The van der Waals surface area contributed by atoms with E-state index in [4.69, 9.17) is 0 Å². The van der Waals surface area contributed by atoms with Crippen molar-refractivity contribution < 1.29 is 9.59 Å². The Bertz CT molecular complexity index is 1050. The molecule has 3 rings (SSSR count). The number of nitrogens with one attached hydrogen (secondary N) is 1. The molecule has 1 N–H and O–H groups in total. The van der Waals surface area contributed by atoms with Gasteiger partial charge in [-0.1, -0.05) is 58.0 Å². The third-order valence-electron chi connectivity index (χ3n) is 4.68. The van der Waals surface area contributed by atoms with E-state index in [1.165, 1.54) is 11.8 Å². The maximum Gasteiger partial charge on any atom is 0.252 e. The number of carbonyl (C=O) groups excluding carboxylic acids is 2. The summed E-state index contributed by atoms with van der Waals surface area (Å²) in [5.74, 6) is 0.813. The molecule has 1 unspecified atom stereocenters. The minimum atomic E-state index is -0.318. The van der Waals surface area contributed by atoms with E-state index in [-0.39, 0.29) is 23.5 Å². The summed E-state index contributed by atoms with van der Waals surface area (Å²) >= 11 is 4.72. The molecule has 0 saturated heterocycles. The summed E-state index contributed by atoms with van der Waals surface area (Å²) in [5, 5.41) is 12.2. The Kier molecular flexibility index (Phi) is 7.44. The zero-order valence-electron chi connectivity index (χ0n) is 17.1. The van der Waals surface area contributed by atoms with Crippen molar-refractivity contribution in [2.24, 2.45) is 0 Å². The molecule has 156 valence electrons. The smallest absolute Gasteiger partial charge is 0.252 e. The lowest BCUT2D eigenvalue weighted by atomic mass is 10.1. The molecule has 0 bridgehead atoms. The van der Waals surface area contributed by atoms with Gasteiger partial charge in [-0.25, -0.2) is 0 Å². The standard InChI is InChI=1S/C22H23BrN4O2S/c1-4-27-20(15(3)24-21(29)18-8-6-5-7-14(18)2)25-26-22(27)30-13-19(28)16-9-11-17(23)12-10-16/h5-12,15H,4,13H2,1-3H3,(H,24,29). The predicted octanol–water partition coefficient (Wildman–Crippen LogP) is 4.83. The Balaban J connectivity index is 1.68. The van der Waals surface area contributed by atoms with Crippen molar-refractivity contribution in [2.75, 3.05) is 5.75 Å². The zero-order valence-corrected chi connectivity index (χ0v) is 19.5. The summed E-state index contributed by atoms with van der Waals surface area (Å²) < 4.78 is 2.87. The Morgan fingerprint density at radius 3 is 2.50 bits per heavy atom. The third-order valence-corrected chi connectivity index (χ3v) is 6.18. The van der Waals surface area contributed by atoms with E-state index in [0.717, 1.165) is 10.0 Å². The van der Waals surface area contributed by atoms with Gasteiger partial charge in [-0.05, 0) is 44.5 Å². The average molecular weight is 487 g/mol. The largest absolute Gasteiger partial charge is 0.342 e. The second kappa shape index (κ2) is 10.0. The Labute approximate surface area is 188 Å². The van der Waals surface area contributed by atoms with Crippen molar-refractivity contribution in [2.45, 2.75) is 38.5 Å². The Morgan fingerprint density at radius 1 is 1.13 bits per heavy atom. The molecule has 1 amide bonds. The van der Waals surface area contributed by atoms with Crippen molar-refractivity contribution >= 4 is 39.4 Å². The van der Waals surface area contributed by atoms with Gasteiger partial charge in [0, 0.05) is 22.1 Å². The number of aryl methyl sites for hydroxylation is 1. The van der Waals surface area contributed by atoms with Crippen LogP contribution in [0, 0.1) is 6.92 Å². The van der Waals surface area contributed by atoms with Gasteiger partial charge in [0.1, 0.15) is 0 Å². The molecule has 2 aromatic carbocycles. The molecule has 30 heavy (non-hydrogen) atoms. The minimum Gasteiger partial charge on any atom is -0.342 e. The van der Waals surface area contributed by atoms with Gasteiger partial charge in [0.05, 0.1) is 11.8 Å². The number of hydrogen-bond acceptors (Lipinski definition) is 5. The van der Waals surface area contributed by atoms with Gasteiger partial charge in [0.25, 0.3) is 5.91 Å². The highest BCUT2D eigenvalue weighted by Crippen LogP contribution is 2.22. The first kappa shape index (κ1) is 22.2. The molecular formula is C22H23BrN4O2S. The van der Waals surface area contributed by atoms with Crippen LogP contribution in [0.4, 0.5) is 0 Å². The molecule has 0 aliphatic rings. The van der Waals surface area contributed by atoms with Crippen LogP contribution in [0.3, 0.4) is 0 Å². The summed E-state index contributed by atoms with van der Waals surface area (Å²) in [7, 11) is 0. The summed E-state index contributed by atoms with van der Waals surface area (Å²) in [6.07, 6.45) is 0. The molecule has 0 aliphatic heterocycles. The van der Waals surface area contributed by atoms with Gasteiger partial charge in [-0.3, -0.25) is 9.59 Å². The number of benzene rings is 2. The second-order valence-electron chi connectivity index (χ2n) is 6.81. The van der Waals surface area contributed by atoms with Crippen LogP contribution in [0.25, 0.3) is 0 Å². The van der Waals surface area contributed by atoms with Crippen LogP contribution in [0.15, 0.2) is 58.2 Å². The number of carbonyl (C=O) groups is 2. The molecule has 0 spiro atoms. The van der Waals surface area contributed by atoms with E-state index in [1.807, 2.05) is 55.7 Å². The molecular weight excluding hydrogens is 464 g/mol. The van der Waals surface area contributed by atoms with Crippen LogP contribution in [0.2, 0.25) is 0 Å². The summed E-state index contributed by atoms with van der Waals surface area (Å²) in [6, 6.07) is 14.4. The number of nitrogens with zero attached hydrogens (tertiary/aromatic N) is 3.